The molecule has 15 heavy (non-hydrogen) atoms. The van der Waals surface area contributed by atoms with Gasteiger partial charge in [0.2, 0.25) is 0 Å². The fourth-order valence-electron chi connectivity index (χ4n) is 0.582. The van der Waals surface area contributed by atoms with Gasteiger partial charge in [-0.25, -0.2) is 8.78 Å². The van der Waals surface area contributed by atoms with Crippen LogP contribution in [0.15, 0.2) is 0 Å². The molecule has 0 saturated carbocycles. The molecule has 0 bridgehead atoms. The van der Waals surface area contributed by atoms with Crippen LogP contribution in [0.2, 0.25) is 0 Å². The highest BCUT2D eigenvalue weighted by Crippen LogP contribution is 2.24. The van der Waals surface area contributed by atoms with Crippen LogP contribution in [-0.4, -0.2) is 35.8 Å². The average molecular weight is 247 g/mol. The van der Waals surface area contributed by atoms with Crippen molar-refractivity contribution in [1.82, 2.24) is 5.32 Å². The molecule has 7 heteroatoms. The molecule has 90 valence electrons. The molecule has 1 amide bonds. The molecule has 0 radical (unpaired) electrons. The maximum absolute atomic E-state index is 12.5. The Morgan fingerprint density at radius 3 is 2.20 bits per heavy atom. The molecule has 0 saturated heterocycles. The van der Waals surface area contributed by atoms with Crippen LogP contribution in [0.4, 0.5) is 17.6 Å². The molecule has 2 nitrogen and oxygen atoms in total. The molecule has 0 aromatic heterocycles. The van der Waals surface area contributed by atoms with Crippen molar-refractivity contribution in [2.24, 2.45) is 0 Å². The summed E-state index contributed by atoms with van der Waals surface area (Å²) in [5.74, 6) is -6.55. The van der Waals surface area contributed by atoms with E-state index in [0.717, 1.165) is 0 Å². The van der Waals surface area contributed by atoms with Crippen LogP contribution >= 0.6 is 11.8 Å². The van der Waals surface area contributed by atoms with Gasteiger partial charge < -0.3 is 5.32 Å². The topological polar surface area (TPSA) is 29.1 Å². The summed E-state index contributed by atoms with van der Waals surface area (Å²) in [7, 11) is 0. The van der Waals surface area contributed by atoms with Gasteiger partial charge in [-0.3, -0.25) is 4.79 Å². The fourth-order valence-corrected chi connectivity index (χ4v) is 0.799. The lowest BCUT2D eigenvalue weighted by Gasteiger charge is -2.23. The van der Waals surface area contributed by atoms with Crippen molar-refractivity contribution >= 4 is 17.7 Å². The largest absolute Gasteiger partial charge is 0.383 e. The first-order chi connectivity index (χ1) is 6.63. The van der Waals surface area contributed by atoms with E-state index >= 15 is 0 Å². The summed E-state index contributed by atoms with van der Waals surface area (Å²) in [6, 6.07) is 0. The number of alkyl halides is 4. The predicted octanol–water partition coefficient (Wildman–Crippen LogP) is 2.14. The lowest BCUT2D eigenvalue weighted by atomic mass is 10.2. The normalized spacial score (nSPS) is 13.1. The average Bonchev–Trinajstić information content (AvgIpc) is 2.14. The summed E-state index contributed by atoms with van der Waals surface area (Å²) in [4.78, 5) is 10.7. The minimum atomic E-state index is -4.62. The summed E-state index contributed by atoms with van der Waals surface area (Å²) >= 11 is 1.34. The van der Waals surface area contributed by atoms with E-state index in [0.29, 0.717) is 0 Å². The first-order valence-corrected chi connectivity index (χ1v) is 5.35. The van der Waals surface area contributed by atoms with Crippen LogP contribution in [0.3, 0.4) is 0 Å². The minimum Gasteiger partial charge on any atom is -0.349 e. The maximum Gasteiger partial charge on any atom is 0.383 e. The van der Waals surface area contributed by atoms with Gasteiger partial charge in [-0.2, -0.15) is 20.5 Å². The molecule has 0 aromatic carbocycles. The summed E-state index contributed by atoms with van der Waals surface area (Å²) in [6.07, 6.45) is -2.24. The Balaban J connectivity index is 4.28. The van der Waals surface area contributed by atoms with Crippen LogP contribution in [0.25, 0.3) is 0 Å². The molecule has 0 aliphatic rings. The second-order valence-electron chi connectivity index (χ2n) is 3.57. The number of nitrogens with one attached hydrogen (secondary N) is 1. The van der Waals surface area contributed by atoms with Crippen molar-refractivity contribution < 1.29 is 22.4 Å². The molecule has 0 unspecified atom stereocenters. The zero-order valence-electron chi connectivity index (χ0n) is 8.61. The highest BCUT2D eigenvalue weighted by molar-refractivity contribution is 7.99. The summed E-state index contributed by atoms with van der Waals surface area (Å²) in [6.45, 7) is 3.33. The highest BCUT2D eigenvalue weighted by atomic mass is 32.2. The Morgan fingerprint density at radius 1 is 1.40 bits per heavy atom. The SMILES string of the molecule is CSC(C)(C)CNC(=O)C(F)(F)C(F)F. The maximum atomic E-state index is 12.5. The van der Waals surface area contributed by atoms with Crippen molar-refractivity contribution in [3.05, 3.63) is 0 Å². The Hall–Kier alpha value is -0.460. The molecule has 0 aromatic rings. The molecule has 0 aliphatic carbocycles. The van der Waals surface area contributed by atoms with Crippen molar-refractivity contribution in [2.45, 2.75) is 30.9 Å². The fraction of sp³-hybridized carbons (Fsp3) is 0.875. The lowest BCUT2D eigenvalue weighted by Crippen LogP contribution is -2.48. The Kier molecular flexibility index (Phi) is 4.89. The van der Waals surface area contributed by atoms with Crippen LogP contribution in [-0.2, 0) is 4.79 Å². The second kappa shape index (κ2) is 5.05. The van der Waals surface area contributed by atoms with Gasteiger partial charge in [0.25, 0.3) is 5.91 Å². The number of hydrogen-bond donors (Lipinski definition) is 1. The minimum absolute atomic E-state index is 0.0880. The molecule has 1 N–H and O–H groups in total. The van der Waals surface area contributed by atoms with E-state index in [9.17, 15) is 22.4 Å². The van der Waals surface area contributed by atoms with Crippen LogP contribution in [0, 0.1) is 0 Å². The monoisotopic (exact) mass is 247 g/mol. The number of carbonyl (C=O) groups excluding carboxylic acids is 1. The van der Waals surface area contributed by atoms with E-state index in [1.807, 2.05) is 0 Å². The van der Waals surface area contributed by atoms with Crippen molar-refractivity contribution in [1.29, 1.82) is 0 Å². The first-order valence-electron chi connectivity index (χ1n) is 4.13. The van der Waals surface area contributed by atoms with E-state index in [1.54, 1.807) is 25.4 Å². The van der Waals surface area contributed by atoms with E-state index in [1.165, 1.54) is 11.8 Å². The third-order valence-electron chi connectivity index (χ3n) is 1.80. The van der Waals surface area contributed by atoms with E-state index in [2.05, 4.69) is 0 Å². The zero-order chi connectivity index (χ0) is 12.3. The quantitative estimate of drug-likeness (QED) is 0.754. The number of rotatable bonds is 5. The Bertz CT molecular complexity index is 233. The van der Waals surface area contributed by atoms with E-state index in [4.69, 9.17) is 0 Å². The number of halogens is 4. The first kappa shape index (κ1) is 14.5. The number of carbonyl (C=O) groups is 1. The van der Waals surface area contributed by atoms with E-state index < -0.39 is 23.0 Å². The smallest absolute Gasteiger partial charge is 0.349 e. The van der Waals surface area contributed by atoms with Gasteiger partial charge in [0.1, 0.15) is 0 Å². The molecule has 0 heterocycles. The summed E-state index contributed by atoms with van der Waals surface area (Å²) < 4.78 is 47.9. The van der Waals surface area contributed by atoms with Crippen molar-refractivity contribution in [3.63, 3.8) is 0 Å². The molecule has 0 fully saturated rings. The van der Waals surface area contributed by atoms with Crippen LogP contribution in [0.5, 0.6) is 0 Å². The second-order valence-corrected chi connectivity index (χ2v) is 5.08. The predicted molar refractivity (Wildman–Crippen MR) is 51.6 cm³/mol. The third-order valence-corrected chi connectivity index (χ3v) is 3.05. The van der Waals surface area contributed by atoms with Gasteiger partial charge in [0.15, 0.2) is 0 Å². The Morgan fingerprint density at radius 2 is 1.87 bits per heavy atom. The number of amides is 1. The number of hydrogen-bond acceptors (Lipinski definition) is 2. The van der Waals surface area contributed by atoms with Gasteiger partial charge in [0, 0.05) is 11.3 Å². The summed E-state index contributed by atoms with van der Waals surface area (Å²) in [5, 5.41) is 1.81. The van der Waals surface area contributed by atoms with Gasteiger partial charge in [-0.15, -0.1) is 0 Å². The van der Waals surface area contributed by atoms with Crippen molar-refractivity contribution in [3.8, 4) is 0 Å². The number of thioether (sulfide) groups is 1. The summed E-state index contributed by atoms with van der Waals surface area (Å²) in [5.41, 5.74) is 0. The van der Waals surface area contributed by atoms with Gasteiger partial charge in [0.05, 0.1) is 0 Å². The molecular formula is C8H13F4NOS. The van der Waals surface area contributed by atoms with Gasteiger partial charge >= 0.3 is 12.3 Å². The van der Waals surface area contributed by atoms with E-state index in [-0.39, 0.29) is 6.54 Å². The zero-order valence-corrected chi connectivity index (χ0v) is 9.43. The molecule has 0 spiro atoms. The standard InChI is InChI=1S/C8H13F4NOS/c1-7(2,15-3)4-13-6(14)8(11,12)5(9)10/h5H,4H2,1-3H3,(H,13,14). The van der Waals surface area contributed by atoms with Gasteiger partial charge in [-0.05, 0) is 20.1 Å². The molecular weight excluding hydrogens is 234 g/mol. The van der Waals surface area contributed by atoms with Gasteiger partial charge in [-0.1, -0.05) is 0 Å². The van der Waals surface area contributed by atoms with Crippen LogP contribution < -0.4 is 5.32 Å². The molecule has 0 rings (SSSR count). The van der Waals surface area contributed by atoms with Crippen LogP contribution in [0.1, 0.15) is 13.8 Å². The van der Waals surface area contributed by atoms with Crippen molar-refractivity contribution in [2.75, 3.05) is 12.8 Å². The highest BCUT2D eigenvalue weighted by Gasteiger charge is 2.49. The Labute approximate surface area is 89.8 Å². The molecule has 0 aliphatic heterocycles. The molecule has 0 atom stereocenters. The third kappa shape index (κ3) is 4.27. The lowest BCUT2D eigenvalue weighted by molar-refractivity contribution is -0.169.